The molecule has 4 heteroatoms. The number of para-hydroxylation sites is 1. The van der Waals surface area contributed by atoms with Crippen LogP contribution in [0.25, 0.3) is 0 Å². The lowest BCUT2D eigenvalue weighted by Crippen LogP contribution is -2.31. The summed E-state index contributed by atoms with van der Waals surface area (Å²) in [5, 5.41) is 0. The number of carbonyl (C=O) groups excluding carboxylic acids is 2. The van der Waals surface area contributed by atoms with Gasteiger partial charge in [-0.05, 0) is 23.8 Å². The fraction of sp³-hybridized carbons (Fsp3) is 0.158. The van der Waals surface area contributed by atoms with E-state index in [4.69, 9.17) is 0 Å². The molecule has 3 rings (SSSR count). The molecule has 0 aromatic heterocycles. The molecule has 0 aliphatic carbocycles. The summed E-state index contributed by atoms with van der Waals surface area (Å²) in [7, 11) is 0. The van der Waals surface area contributed by atoms with Crippen molar-refractivity contribution in [2.24, 2.45) is 0 Å². The van der Waals surface area contributed by atoms with Crippen molar-refractivity contribution in [3.05, 3.63) is 65.2 Å². The van der Waals surface area contributed by atoms with Gasteiger partial charge in [-0.1, -0.05) is 42.2 Å². The first-order chi connectivity index (χ1) is 11.1. The Morgan fingerprint density at radius 1 is 0.957 bits per heavy atom. The van der Waals surface area contributed by atoms with Gasteiger partial charge in [0.15, 0.2) is 0 Å². The second kappa shape index (κ2) is 6.45. The quantitative estimate of drug-likeness (QED) is 0.645. The largest absolute Gasteiger partial charge is 0.307 e. The number of rotatable bonds is 3. The van der Waals surface area contributed by atoms with E-state index < -0.39 is 12.5 Å². The zero-order chi connectivity index (χ0) is 16.2. The summed E-state index contributed by atoms with van der Waals surface area (Å²) in [5.41, 5.74) is 3.21. The normalized spacial score (nSPS) is 12.1. The van der Waals surface area contributed by atoms with Crippen molar-refractivity contribution in [1.82, 2.24) is 0 Å². The van der Waals surface area contributed by atoms with Gasteiger partial charge < -0.3 is 4.90 Å². The smallest absolute Gasteiger partial charge is 0.302 e. The number of halogens is 1. The number of hydrogen-bond donors (Lipinski definition) is 0. The molecule has 3 nitrogen and oxygen atoms in total. The molecule has 1 aliphatic heterocycles. The summed E-state index contributed by atoms with van der Waals surface area (Å²) < 4.78 is 12.5. The van der Waals surface area contributed by atoms with Crippen LogP contribution in [0.4, 0.5) is 10.1 Å². The first-order valence-corrected chi connectivity index (χ1v) is 7.33. The average Bonchev–Trinajstić information content (AvgIpc) is 2.55. The van der Waals surface area contributed by atoms with Crippen LogP contribution in [0.3, 0.4) is 0 Å². The minimum atomic E-state index is -1.47. The highest BCUT2D eigenvalue weighted by Crippen LogP contribution is 2.26. The van der Waals surface area contributed by atoms with E-state index in [9.17, 15) is 14.0 Å². The lowest BCUT2D eigenvalue weighted by Gasteiger charge is -2.25. The molecule has 0 bridgehead atoms. The molecule has 0 saturated heterocycles. The summed E-state index contributed by atoms with van der Waals surface area (Å²) in [5.74, 6) is 5.93. The van der Waals surface area contributed by atoms with Crippen LogP contribution in [-0.4, -0.2) is 11.9 Å². The minimum absolute atomic E-state index is 0.154. The molecule has 0 spiro atoms. The second-order valence-corrected chi connectivity index (χ2v) is 5.26. The van der Waals surface area contributed by atoms with Crippen molar-refractivity contribution < 1.29 is 14.0 Å². The maximum Gasteiger partial charge on any atom is 0.302 e. The highest BCUT2D eigenvalue weighted by atomic mass is 19.1. The molecule has 2 aromatic rings. The molecule has 0 radical (unpaired) electrons. The molecule has 0 atom stereocenters. The number of carbonyl (C=O) groups is 2. The van der Waals surface area contributed by atoms with Crippen LogP contribution in [-0.2, 0) is 16.1 Å². The van der Waals surface area contributed by atoms with Gasteiger partial charge in [-0.2, -0.15) is 4.39 Å². The van der Waals surface area contributed by atoms with E-state index in [-0.39, 0.29) is 12.3 Å². The molecule has 1 aliphatic rings. The zero-order valence-electron chi connectivity index (χ0n) is 12.4. The van der Waals surface area contributed by atoms with Crippen LogP contribution in [0, 0.1) is 11.8 Å². The van der Waals surface area contributed by atoms with E-state index in [1.807, 2.05) is 48.5 Å². The standard InChI is InChI=1S/C19H14FNO2/c20-18(22)11-12-19(23)21-13-16-7-2-1-5-14(16)9-10-15-6-3-4-8-17(15)21/h1-8H,11-13H2. The molecule has 0 unspecified atom stereocenters. The fourth-order valence-corrected chi connectivity index (χ4v) is 2.55. The maximum absolute atomic E-state index is 12.5. The number of amides is 1. The lowest BCUT2D eigenvalue weighted by molar-refractivity contribution is -0.131. The number of nitrogens with zero attached hydrogens (tertiary/aromatic N) is 1. The molecule has 2 aromatic carbocycles. The summed E-state index contributed by atoms with van der Waals surface area (Å²) in [6.07, 6.45) is -0.551. The van der Waals surface area contributed by atoms with Crippen LogP contribution in [0.15, 0.2) is 48.5 Å². The third-order valence-corrected chi connectivity index (χ3v) is 3.71. The van der Waals surface area contributed by atoms with Crippen molar-refractivity contribution in [2.75, 3.05) is 4.90 Å². The molecule has 1 heterocycles. The number of hydrogen-bond acceptors (Lipinski definition) is 2. The van der Waals surface area contributed by atoms with Gasteiger partial charge in [-0.25, -0.2) is 0 Å². The van der Waals surface area contributed by atoms with E-state index in [0.717, 1.165) is 16.7 Å². The third kappa shape index (κ3) is 3.29. The highest BCUT2D eigenvalue weighted by molar-refractivity contribution is 5.96. The Morgan fingerprint density at radius 2 is 1.61 bits per heavy atom. The van der Waals surface area contributed by atoms with E-state index in [1.165, 1.54) is 0 Å². The third-order valence-electron chi connectivity index (χ3n) is 3.71. The van der Waals surface area contributed by atoms with Gasteiger partial charge in [-0.3, -0.25) is 9.59 Å². The monoisotopic (exact) mass is 307 g/mol. The molecule has 1 amide bonds. The fourth-order valence-electron chi connectivity index (χ4n) is 2.55. The van der Waals surface area contributed by atoms with Gasteiger partial charge in [0.1, 0.15) is 0 Å². The molecule has 0 N–H and O–H groups in total. The molecule has 23 heavy (non-hydrogen) atoms. The SMILES string of the molecule is O=C(F)CCC(=O)N1Cc2ccccc2C#Cc2ccccc21. The van der Waals surface area contributed by atoms with Crippen LogP contribution in [0.5, 0.6) is 0 Å². The maximum atomic E-state index is 12.5. The van der Waals surface area contributed by atoms with E-state index in [1.54, 1.807) is 4.90 Å². The van der Waals surface area contributed by atoms with Gasteiger partial charge in [0.05, 0.1) is 12.2 Å². The Hall–Kier alpha value is -2.93. The lowest BCUT2D eigenvalue weighted by atomic mass is 10.0. The van der Waals surface area contributed by atoms with Crippen LogP contribution < -0.4 is 4.90 Å². The highest BCUT2D eigenvalue weighted by Gasteiger charge is 2.21. The predicted octanol–water partition coefficient (Wildman–Crippen LogP) is 3.21. The van der Waals surface area contributed by atoms with E-state index in [0.29, 0.717) is 12.2 Å². The van der Waals surface area contributed by atoms with Crippen LogP contribution in [0.2, 0.25) is 0 Å². The van der Waals surface area contributed by atoms with Crippen molar-refractivity contribution in [3.63, 3.8) is 0 Å². The topological polar surface area (TPSA) is 37.4 Å². The van der Waals surface area contributed by atoms with Gasteiger partial charge in [0, 0.05) is 24.0 Å². The van der Waals surface area contributed by atoms with Crippen molar-refractivity contribution in [1.29, 1.82) is 0 Å². The van der Waals surface area contributed by atoms with Crippen LogP contribution in [0.1, 0.15) is 29.5 Å². The first-order valence-electron chi connectivity index (χ1n) is 7.33. The van der Waals surface area contributed by atoms with Gasteiger partial charge in [-0.15, -0.1) is 0 Å². The minimum Gasteiger partial charge on any atom is -0.307 e. The number of anilines is 1. The Bertz CT molecular complexity index is 833. The average molecular weight is 307 g/mol. The molecular weight excluding hydrogens is 293 g/mol. The van der Waals surface area contributed by atoms with Gasteiger partial charge in [0.25, 0.3) is 0 Å². The predicted molar refractivity (Wildman–Crippen MR) is 85.4 cm³/mol. The summed E-state index contributed by atoms with van der Waals surface area (Å²) >= 11 is 0. The van der Waals surface area contributed by atoms with Crippen molar-refractivity contribution in [3.8, 4) is 11.8 Å². The molecule has 0 fully saturated rings. The Balaban J connectivity index is 2.04. The molecule has 0 saturated carbocycles. The molecule has 114 valence electrons. The van der Waals surface area contributed by atoms with Crippen molar-refractivity contribution in [2.45, 2.75) is 19.4 Å². The van der Waals surface area contributed by atoms with E-state index in [2.05, 4.69) is 11.8 Å². The Morgan fingerprint density at radius 3 is 2.39 bits per heavy atom. The van der Waals surface area contributed by atoms with E-state index >= 15 is 0 Å². The van der Waals surface area contributed by atoms with Gasteiger partial charge in [0.2, 0.25) is 5.91 Å². The first kappa shape index (κ1) is 15.0. The summed E-state index contributed by atoms with van der Waals surface area (Å²) in [6, 6.07) is 13.5. The zero-order valence-corrected chi connectivity index (χ0v) is 12.4. The Labute approximate surface area is 133 Å². The Kier molecular flexibility index (Phi) is 4.20. The second-order valence-electron chi connectivity index (χ2n) is 5.26. The number of fused-ring (bicyclic) bond motifs is 2. The summed E-state index contributed by atoms with van der Waals surface area (Å²) in [4.78, 5) is 24.6. The molecular formula is C19H14FNO2. The van der Waals surface area contributed by atoms with Crippen LogP contribution >= 0.6 is 0 Å². The van der Waals surface area contributed by atoms with Crippen molar-refractivity contribution >= 4 is 17.6 Å². The summed E-state index contributed by atoms with van der Waals surface area (Å²) in [6.45, 7) is 0.348. The number of benzene rings is 2. The van der Waals surface area contributed by atoms with Gasteiger partial charge >= 0.3 is 6.04 Å².